The molecule has 0 atom stereocenters. The normalized spacial score (nSPS) is 11.0. The van der Waals surface area contributed by atoms with Crippen LogP contribution in [-0.4, -0.2) is 25.8 Å². The molecule has 2 aromatic heterocycles. The third-order valence-electron chi connectivity index (χ3n) is 4.66. The summed E-state index contributed by atoms with van der Waals surface area (Å²) in [5.74, 6) is 0.368. The Labute approximate surface area is 165 Å². The van der Waals surface area contributed by atoms with E-state index < -0.39 is 0 Å². The highest BCUT2D eigenvalue weighted by atomic mass is 16.1. The number of para-hydroxylation sites is 4. The predicted molar refractivity (Wildman–Crippen MR) is 113 cm³/mol. The van der Waals surface area contributed by atoms with Crippen molar-refractivity contribution in [1.29, 1.82) is 0 Å². The number of anilines is 2. The second-order valence-corrected chi connectivity index (χ2v) is 6.55. The van der Waals surface area contributed by atoms with Crippen molar-refractivity contribution in [2.24, 2.45) is 0 Å². The van der Waals surface area contributed by atoms with E-state index >= 15 is 0 Å². The van der Waals surface area contributed by atoms with Crippen molar-refractivity contribution in [3.05, 3.63) is 78.5 Å². The van der Waals surface area contributed by atoms with Crippen LogP contribution in [0.1, 0.15) is 10.5 Å². The number of benzene rings is 3. The minimum atomic E-state index is -0.362. The van der Waals surface area contributed by atoms with Crippen LogP contribution in [0.25, 0.3) is 33.3 Å². The number of nitrogens with one attached hydrogen (secondary N) is 2. The molecule has 4 N–H and O–H groups in total. The van der Waals surface area contributed by atoms with Gasteiger partial charge in [0.1, 0.15) is 11.5 Å². The van der Waals surface area contributed by atoms with Crippen molar-refractivity contribution in [2.45, 2.75) is 0 Å². The summed E-state index contributed by atoms with van der Waals surface area (Å²) in [7, 11) is 0. The SMILES string of the molecule is Nc1nc(C(=O)Nc2ccccc2-c2nc3ccccc3[nH]2)c2ccccc2n1. The molecule has 0 bridgehead atoms. The Morgan fingerprint density at radius 2 is 1.55 bits per heavy atom. The van der Waals surface area contributed by atoms with Crippen LogP contribution in [-0.2, 0) is 0 Å². The number of nitrogen functional groups attached to an aromatic ring is 1. The zero-order valence-corrected chi connectivity index (χ0v) is 15.3. The second-order valence-electron chi connectivity index (χ2n) is 6.55. The van der Waals surface area contributed by atoms with Crippen molar-refractivity contribution in [1.82, 2.24) is 19.9 Å². The summed E-state index contributed by atoms with van der Waals surface area (Å²) < 4.78 is 0. The summed E-state index contributed by atoms with van der Waals surface area (Å²) in [5, 5.41) is 3.58. The van der Waals surface area contributed by atoms with E-state index in [0.717, 1.165) is 16.6 Å². The van der Waals surface area contributed by atoms with Gasteiger partial charge in [-0.3, -0.25) is 4.79 Å². The molecular formula is C22H16N6O. The number of aromatic amines is 1. The number of imidazole rings is 1. The quantitative estimate of drug-likeness (QED) is 0.438. The molecule has 7 heteroatoms. The number of hydrogen-bond acceptors (Lipinski definition) is 5. The van der Waals surface area contributed by atoms with Gasteiger partial charge in [-0.1, -0.05) is 42.5 Å². The van der Waals surface area contributed by atoms with E-state index in [2.05, 4.69) is 25.3 Å². The summed E-state index contributed by atoms with van der Waals surface area (Å²) in [5.41, 5.74) is 9.85. The van der Waals surface area contributed by atoms with Gasteiger partial charge in [0, 0.05) is 10.9 Å². The van der Waals surface area contributed by atoms with Crippen molar-refractivity contribution in [3.8, 4) is 11.4 Å². The van der Waals surface area contributed by atoms with E-state index in [-0.39, 0.29) is 17.5 Å². The summed E-state index contributed by atoms with van der Waals surface area (Å²) in [4.78, 5) is 29.3. The van der Waals surface area contributed by atoms with E-state index in [1.807, 2.05) is 60.7 Å². The monoisotopic (exact) mass is 380 g/mol. The first-order valence-corrected chi connectivity index (χ1v) is 9.07. The van der Waals surface area contributed by atoms with Crippen LogP contribution in [0.5, 0.6) is 0 Å². The number of carbonyl (C=O) groups is 1. The first-order chi connectivity index (χ1) is 14.2. The summed E-state index contributed by atoms with van der Waals surface area (Å²) in [6, 6.07) is 22.5. The lowest BCUT2D eigenvalue weighted by Crippen LogP contribution is -2.16. The molecular weight excluding hydrogens is 364 g/mol. The lowest BCUT2D eigenvalue weighted by Gasteiger charge is -2.11. The van der Waals surface area contributed by atoms with Gasteiger partial charge in [-0.2, -0.15) is 0 Å². The van der Waals surface area contributed by atoms with Crippen LogP contribution in [0.3, 0.4) is 0 Å². The molecule has 1 amide bonds. The van der Waals surface area contributed by atoms with Crippen molar-refractivity contribution < 1.29 is 4.79 Å². The minimum absolute atomic E-state index is 0.0550. The van der Waals surface area contributed by atoms with Gasteiger partial charge in [0.2, 0.25) is 5.95 Å². The Morgan fingerprint density at radius 3 is 2.41 bits per heavy atom. The number of H-pyrrole nitrogens is 1. The van der Waals surface area contributed by atoms with E-state index in [4.69, 9.17) is 5.73 Å². The number of carbonyl (C=O) groups excluding carboxylic acids is 1. The zero-order valence-electron chi connectivity index (χ0n) is 15.3. The molecule has 0 unspecified atom stereocenters. The van der Waals surface area contributed by atoms with Crippen LogP contribution >= 0.6 is 0 Å². The summed E-state index contributed by atoms with van der Waals surface area (Å²) >= 11 is 0. The van der Waals surface area contributed by atoms with Crippen LogP contribution in [0.4, 0.5) is 11.6 Å². The fraction of sp³-hybridized carbons (Fsp3) is 0. The fourth-order valence-electron chi connectivity index (χ4n) is 3.33. The number of aromatic nitrogens is 4. The molecule has 3 aromatic carbocycles. The van der Waals surface area contributed by atoms with Gasteiger partial charge in [0.05, 0.1) is 22.2 Å². The third kappa shape index (κ3) is 3.04. The average Bonchev–Trinajstić information content (AvgIpc) is 3.17. The predicted octanol–water partition coefficient (Wildman–Crippen LogP) is 4.01. The van der Waals surface area contributed by atoms with E-state index in [1.54, 1.807) is 12.1 Å². The Morgan fingerprint density at radius 1 is 0.828 bits per heavy atom. The van der Waals surface area contributed by atoms with Crippen molar-refractivity contribution in [3.63, 3.8) is 0 Å². The number of fused-ring (bicyclic) bond motifs is 2. The van der Waals surface area contributed by atoms with E-state index in [1.165, 1.54) is 0 Å². The van der Waals surface area contributed by atoms with Gasteiger partial charge in [0.25, 0.3) is 5.91 Å². The topological polar surface area (TPSA) is 110 Å². The van der Waals surface area contributed by atoms with Crippen LogP contribution in [0.15, 0.2) is 72.8 Å². The lowest BCUT2D eigenvalue weighted by molar-refractivity contribution is 0.102. The summed E-state index contributed by atoms with van der Waals surface area (Å²) in [6.45, 7) is 0. The van der Waals surface area contributed by atoms with Gasteiger partial charge in [0.15, 0.2) is 0 Å². The van der Waals surface area contributed by atoms with Crippen molar-refractivity contribution in [2.75, 3.05) is 11.1 Å². The number of nitrogens with two attached hydrogens (primary N) is 1. The maximum Gasteiger partial charge on any atom is 0.275 e. The molecule has 0 saturated heterocycles. The maximum atomic E-state index is 13.0. The molecule has 0 saturated carbocycles. The highest BCUT2D eigenvalue weighted by Gasteiger charge is 2.17. The average molecular weight is 380 g/mol. The van der Waals surface area contributed by atoms with Crippen molar-refractivity contribution >= 4 is 39.5 Å². The molecule has 5 rings (SSSR count). The molecule has 0 fully saturated rings. The molecule has 0 aliphatic heterocycles. The molecule has 7 nitrogen and oxygen atoms in total. The number of amides is 1. The smallest absolute Gasteiger partial charge is 0.275 e. The van der Waals surface area contributed by atoms with Crippen LogP contribution < -0.4 is 11.1 Å². The molecule has 0 aliphatic carbocycles. The van der Waals surface area contributed by atoms with Gasteiger partial charge >= 0.3 is 0 Å². The Balaban J connectivity index is 1.56. The summed E-state index contributed by atoms with van der Waals surface area (Å²) in [6.07, 6.45) is 0. The second kappa shape index (κ2) is 6.72. The largest absolute Gasteiger partial charge is 0.368 e. The molecule has 140 valence electrons. The standard InChI is InChI=1S/C22H16N6O/c23-22-27-15-9-3-1-7-13(15)19(28-22)21(29)26-16-10-4-2-8-14(16)20-24-17-11-5-6-12-18(17)25-20/h1-12H,(H,24,25)(H,26,29)(H2,23,27,28). The van der Waals surface area contributed by atoms with Gasteiger partial charge < -0.3 is 16.0 Å². The number of hydrogen-bond donors (Lipinski definition) is 3. The third-order valence-corrected chi connectivity index (χ3v) is 4.66. The Bertz CT molecular complexity index is 1340. The van der Waals surface area contributed by atoms with Gasteiger partial charge in [-0.15, -0.1) is 0 Å². The Kier molecular flexibility index (Phi) is 3.91. The molecule has 0 aliphatic rings. The first-order valence-electron chi connectivity index (χ1n) is 9.07. The first kappa shape index (κ1) is 16.9. The molecule has 0 radical (unpaired) electrons. The maximum absolute atomic E-state index is 13.0. The van der Waals surface area contributed by atoms with Gasteiger partial charge in [-0.25, -0.2) is 15.0 Å². The molecule has 0 spiro atoms. The van der Waals surface area contributed by atoms with E-state index in [9.17, 15) is 4.79 Å². The highest BCUT2D eigenvalue weighted by Crippen LogP contribution is 2.28. The molecule has 2 heterocycles. The lowest BCUT2D eigenvalue weighted by atomic mass is 10.1. The number of nitrogens with zero attached hydrogens (tertiary/aromatic N) is 3. The minimum Gasteiger partial charge on any atom is -0.368 e. The van der Waals surface area contributed by atoms with Gasteiger partial charge in [-0.05, 0) is 30.3 Å². The highest BCUT2D eigenvalue weighted by molar-refractivity contribution is 6.12. The zero-order chi connectivity index (χ0) is 19.8. The van der Waals surface area contributed by atoms with E-state index in [0.29, 0.717) is 22.4 Å². The number of rotatable bonds is 3. The fourth-order valence-corrected chi connectivity index (χ4v) is 3.33. The molecule has 5 aromatic rings. The van der Waals surface area contributed by atoms with Crippen LogP contribution in [0.2, 0.25) is 0 Å². The molecule has 29 heavy (non-hydrogen) atoms. The van der Waals surface area contributed by atoms with Crippen LogP contribution in [0, 0.1) is 0 Å². The Hall–Kier alpha value is -4.26.